The monoisotopic (exact) mass is 466 g/mol. The Kier molecular flexibility index (Phi) is 4.89. The van der Waals surface area contributed by atoms with Crippen molar-refractivity contribution in [3.05, 3.63) is 68.0 Å². The first-order valence-corrected chi connectivity index (χ1v) is 11.3. The van der Waals surface area contributed by atoms with Gasteiger partial charge in [0, 0.05) is 12.1 Å². The lowest BCUT2D eigenvalue weighted by Crippen LogP contribution is -2.19. The molecule has 3 aromatic rings. The summed E-state index contributed by atoms with van der Waals surface area (Å²) in [7, 11) is 0. The first-order valence-electron chi connectivity index (χ1n) is 10.5. The maximum atomic E-state index is 13.0. The van der Waals surface area contributed by atoms with E-state index in [1.165, 1.54) is 12.8 Å². The smallest absolute Gasteiger partial charge is 0.356 e. The molecule has 1 saturated carbocycles. The largest absolute Gasteiger partial charge is 0.461 e. The predicted octanol–water partition coefficient (Wildman–Crippen LogP) is 4.96. The number of benzene rings is 1. The van der Waals surface area contributed by atoms with Gasteiger partial charge in [-0.25, -0.2) is 4.79 Å². The second-order valence-corrected chi connectivity index (χ2v) is 8.84. The van der Waals surface area contributed by atoms with Gasteiger partial charge in [0.1, 0.15) is 5.69 Å². The lowest BCUT2D eigenvalue weighted by Gasteiger charge is -2.21. The van der Waals surface area contributed by atoms with Crippen LogP contribution in [-0.4, -0.2) is 22.1 Å². The minimum Gasteiger partial charge on any atom is -0.461 e. The fraction of sp³-hybridized carbons (Fsp3) is 0.333. The van der Waals surface area contributed by atoms with E-state index in [4.69, 9.17) is 4.74 Å². The summed E-state index contributed by atoms with van der Waals surface area (Å²) in [5, 5.41) is 0. The molecule has 6 heteroatoms. The molecule has 0 bridgehead atoms. The Morgan fingerprint density at radius 3 is 2.70 bits per heavy atom. The van der Waals surface area contributed by atoms with Gasteiger partial charge in [-0.1, -0.05) is 30.3 Å². The van der Waals surface area contributed by atoms with Crippen molar-refractivity contribution in [3.8, 4) is 22.5 Å². The molecular weight excluding hydrogens is 444 g/mol. The fourth-order valence-corrected chi connectivity index (χ4v) is 5.13. The SMILES string of the molecule is CCOC(=O)c1c(Br)c2c(n1CC1CC1)-c1[nH]c(=O)c(-c3ccccc3)cc1CC2. The maximum absolute atomic E-state index is 13.0. The van der Waals surface area contributed by atoms with E-state index in [0.717, 1.165) is 51.9 Å². The molecule has 0 amide bonds. The second-order valence-electron chi connectivity index (χ2n) is 8.04. The number of hydrogen-bond acceptors (Lipinski definition) is 3. The number of nitrogens with zero attached hydrogens (tertiary/aromatic N) is 1. The zero-order valence-electron chi connectivity index (χ0n) is 16.8. The molecular formula is C24H23BrN2O3. The van der Waals surface area contributed by atoms with Gasteiger partial charge in [0.05, 0.1) is 22.5 Å². The van der Waals surface area contributed by atoms with Gasteiger partial charge < -0.3 is 14.3 Å². The van der Waals surface area contributed by atoms with Crippen LogP contribution in [-0.2, 0) is 24.1 Å². The molecule has 0 atom stereocenters. The van der Waals surface area contributed by atoms with Crippen LogP contribution in [0.5, 0.6) is 0 Å². The summed E-state index contributed by atoms with van der Waals surface area (Å²) in [4.78, 5) is 28.9. The zero-order chi connectivity index (χ0) is 20.8. The van der Waals surface area contributed by atoms with Crippen molar-refractivity contribution in [3.63, 3.8) is 0 Å². The topological polar surface area (TPSA) is 64.1 Å². The highest BCUT2D eigenvalue weighted by atomic mass is 79.9. The van der Waals surface area contributed by atoms with E-state index in [0.29, 0.717) is 23.8 Å². The van der Waals surface area contributed by atoms with Crippen LogP contribution in [0.4, 0.5) is 0 Å². The number of ether oxygens (including phenoxy) is 1. The normalized spacial score (nSPS) is 14.9. The molecule has 2 aliphatic carbocycles. The number of aryl methyl sites for hydroxylation is 1. The van der Waals surface area contributed by atoms with Crippen molar-refractivity contribution in [2.45, 2.75) is 39.2 Å². The van der Waals surface area contributed by atoms with Crippen LogP contribution >= 0.6 is 15.9 Å². The summed E-state index contributed by atoms with van der Waals surface area (Å²) in [6, 6.07) is 11.7. The van der Waals surface area contributed by atoms with Crippen molar-refractivity contribution >= 4 is 21.9 Å². The molecule has 1 fully saturated rings. The molecule has 5 rings (SSSR count). The number of pyridine rings is 1. The van der Waals surface area contributed by atoms with Gasteiger partial charge in [0.15, 0.2) is 0 Å². The quantitative estimate of drug-likeness (QED) is 0.540. The molecule has 5 nitrogen and oxygen atoms in total. The first-order chi connectivity index (χ1) is 14.6. The molecule has 1 aromatic carbocycles. The van der Waals surface area contributed by atoms with Crippen molar-refractivity contribution in [1.29, 1.82) is 0 Å². The van der Waals surface area contributed by atoms with Crippen LogP contribution in [0.2, 0.25) is 0 Å². The van der Waals surface area contributed by atoms with Crippen LogP contribution in [0, 0.1) is 5.92 Å². The van der Waals surface area contributed by atoms with Crippen LogP contribution in [0.15, 0.2) is 45.7 Å². The molecule has 30 heavy (non-hydrogen) atoms. The van der Waals surface area contributed by atoms with Crippen LogP contribution in [0.3, 0.4) is 0 Å². The van der Waals surface area contributed by atoms with Crippen molar-refractivity contribution in [1.82, 2.24) is 9.55 Å². The number of carbonyl (C=O) groups excluding carboxylic acids is 1. The highest BCUT2D eigenvalue weighted by molar-refractivity contribution is 9.10. The van der Waals surface area contributed by atoms with E-state index in [1.54, 1.807) is 0 Å². The number of esters is 1. The lowest BCUT2D eigenvalue weighted by molar-refractivity contribution is 0.0512. The summed E-state index contributed by atoms with van der Waals surface area (Å²) in [6.45, 7) is 2.92. The molecule has 0 saturated heterocycles. The van der Waals surface area contributed by atoms with Gasteiger partial charge in [-0.3, -0.25) is 4.79 Å². The lowest BCUT2D eigenvalue weighted by atomic mass is 9.92. The molecule has 0 spiro atoms. The molecule has 0 unspecified atom stereocenters. The highest BCUT2D eigenvalue weighted by Gasteiger charge is 2.34. The highest BCUT2D eigenvalue weighted by Crippen LogP contribution is 2.43. The van der Waals surface area contributed by atoms with E-state index in [9.17, 15) is 9.59 Å². The van der Waals surface area contributed by atoms with Crippen molar-refractivity contribution in [2.75, 3.05) is 6.61 Å². The van der Waals surface area contributed by atoms with Crippen LogP contribution in [0.1, 0.15) is 41.4 Å². The molecule has 154 valence electrons. The van der Waals surface area contributed by atoms with Gasteiger partial charge in [-0.2, -0.15) is 0 Å². The Morgan fingerprint density at radius 1 is 1.23 bits per heavy atom. The average Bonchev–Trinajstić information content (AvgIpc) is 3.52. The maximum Gasteiger partial charge on any atom is 0.356 e. The van der Waals surface area contributed by atoms with E-state index in [-0.39, 0.29) is 11.5 Å². The van der Waals surface area contributed by atoms with E-state index in [2.05, 4.69) is 25.5 Å². The van der Waals surface area contributed by atoms with E-state index < -0.39 is 0 Å². The molecule has 2 aliphatic rings. The number of halogens is 1. The van der Waals surface area contributed by atoms with Crippen molar-refractivity contribution in [2.24, 2.45) is 5.92 Å². The van der Waals surface area contributed by atoms with Gasteiger partial charge in [0.2, 0.25) is 0 Å². The zero-order valence-corrected chi connectivity index (χ0v) is 18.4. The van der Waals surface area contributed by atoms with Gasteiger partial charge in [-0.05, 0) is 77.2 Å². The minimum absolute atomic E-state index is 0.110. The van der Waals surface area contributed by atoms with Crippen LogP contribution in [0.25, 0.3) is 22.5 Å². The minimum atomic E-state index is -0.316. The van der Waals surface area contributed by atoms with Gasteiger partial charge in [-0.15, -0.1) is 0 Å². The molecule has 2 aromatic heterocycles. The predicted molar refractivity (Wildman–Crippen MR) is 120 cm³/mol. The van der Waals surface area contributed by atoms with E-state index in [1.807, 2.05) is 43.3 Å². The number of nitrogens with one attached hydrogen (secondary N) is 1. The number of rotatable bonds is 5. The van der Waals surface area contributed by atoms with Gasteiger partial charge >= 0.3 is 5.97 Å². The number of aromatic amines is 1. The number of H-pyrrole nitrogens is 1. The third-order valence-electron chi connectivity index (χ3n) is 5.99. The summed E-state index contributed by atoms with van der Waals surface area (Å²) in [5.74, 6) is 0.256. The average molecular weight is 467 g/mol. The summed E-state index contributed by atoms with van der Waals surface area (Å²) in [5.41, 5.74) is 6.02. The Bertz CT molecular complexity index is 1190. The summed E-state index contributed by atoms with van der Waals surface area (Å²) >= 11 is 3.68. The van der Waals surface area contributed by atoms with Gasteiger partial charge in [0.25, 0.3) is 5.56 Å². The molecule has 2 heterocycles. The summed E-state index contributed by atoms with van der Waals surface area (Å²) < 4.78 is 8.23. The second kappa shape index (κ2) is 7.58. The molecule has 0 radical (unpaired) electrons. The Labute approximate surface area is 183 Å². The Hall–Kier alpha value is -2.60. The summed E-state index contributed by atoms with van der Waals surface area (Å²) in [6.07, 6.45) is 3.97. The number of carbonyl (C=O) groups is 1. The first kappa shape index (κ1) is 19.4. The van der Waals surface area contributed by atoms with E-state index >= 15 is 0 Å². The molecule has 1 N–H and O–H groups in total. The fourth-order valence-electron chi connectivity index (χ4n) is 4.37. The third-order valence-corrected chi connectivity index (χ3v) is 6.85. The number of aromatic nitrogens is 2. The standard InChI is InChI=1S/C24H23BrN2O3/c1-2-30-24(29)22-19(25)17-11-10-16-12-18(15-6-4-3-5-7-15)23(28)26-20(16)21(17)27(22)13-14-8-9-14/h3-7,12,14H,2,8-11,13H2,1H3,(H,26,28). The molecule has 0 aliphatic heterocycles. The Morgan fingerprint density at radius 2 is 2.00 bits per heavy atom. The third kappa shape index (κ3) is 3.23. The van der Waals surface area contributed by atoms with Crippen LogP contribution < -0.4 is 5.56 Å². The Balaban J connectivity index is 1.70. The number of hydrogen-bond donors (Lipinski definition) is 1. The van der Waals surface area contributed by atoms with Crippen molar-refractivity contribution < 1.29 is 9.53 Å². The number of fused-ring (bicyclic) bond motifs is 3.